The van der Waals surface area contributed by atoms with Gasteiger partial charge in [0.1, 0.15) is 0 Å². The van der Waals surface area contributed by atoms with Crippen molar-refractivity contribution in [1.82, 2.24) is 0 Å². The first-order valence-electron chi connectivity index (χ1n) is 7.62. The Morgan fingerprint density at radius 3 is 1.24 bits per heavy atom. The van der Waals surface area contributed by atoms with Crippen molar-refractivity contribution >= 4 is 25.7 Å². The number of rotatable bonds is 12. The van der Waals surface area contributed by atoms with Gasteiger partial charge in [-0.15, -0.1) is 0 Å². The van der Waals surface area contributed by atoms with Crippen LogP contribution >= 0.6 is 0 Å². The molecule has 21 heavy (non-hydrogen) atoms. The zero-order valence-electron chi connectivity index (χ0n) is 14.5. The van der Waals surface area contributed by atoms with E-state index in [0.717, 1.165) is 12.8 Å². The van der Waals surface area contributed by atoms with Gasteiger partial charge in [-0.25, -0.2) is 0 Å². The molecule has 0 aliphatic carbocycles. The summed E-state index contributed by atoms with van der Waals surface area (Å²) in [5, 5.41) is 0. The van der Waals surface area contributed by atoms with Gasteiger partial charge in [-0.05, 0) is 65.2 Å². The van der Waals surface area contributed by atoms with E-state index in [1.807, 2.05) is 26.2 Å². The molecule has 0 rings (SSSR count). The van der Waals surface area contributed by atoms with Crippen molar-refractivity contribution in [3.8, 4) is 0 Å². The average Bonchev–Trinajstić information content (AvgIpc) is 2.25. The van der Waals surface area contributed by atoms with Gasteiger partial charge < -0.3 is 28.5 Å². The van der Waals surface area contributed by atoms with Gasteiger partial charge in [0.25, 0.3) is 0 Å². The monoisotopic (exact) mass is 354 g/mol. The smallest absolute Gasteiger partial charge is 0.322 e. The fraction of sp³-hybridized carbons (Fsp3) is 1.00. The molecule has 0 saturated carbocycles. The van der Waals surface area contributed by atoms with Crippen LogP contribution in [0.5, 0.6) is 0 Å². The van der Waals surface area contributed by atoms with Crippen LogP contribution < -0.4 is 11.5 Å². The van der Waals surface area contributed by atoms with Gasteiger partial charge in [0.05, 0.1) is 0 Å². The zero-order valence-corrected chi connectivity index (χ0v) is 17.5. The first-order valence-corrected chi connectivity index (χ1v) is 16.1. The van der Waals surface area contributed by atoms with E-state index in [1.54, 1.807) is 0 Å². The third kappa shape index (κ3) is 11.6. The lowest BCUT2D eigenvalue weighted by atomic mass is 10.5. The lowest BCUT2D eigenvalue weighted by Crippen LogP contribution is -2.54. The first-order chi connectivity index (χ1) is 9.54. The minimum Gasteiger partial charge on any atom is -0.415 e. The van der Waals surface area contributed by atoms with E-state index in [9.17, 15) is 0 Å². The Hall–Kier alpha value is 0.411. The topological polar surface area (TPSA) is 89.0 Å². The van der Waals surface area contributed by atoms with Gasteiger partial charge in [0.15, 0.2) is 0 Å². The van der Waals surface area contributed by atoms with Crippen LogP contribution in [0.15, 0.2) is 0 Å². The molecule has 128 valence electrons. The van der Waals surface area contributed by atoms with Crippen LogP contribution in [0.1, 0.15) is 12.8 Å². The zero-order chi connectivity index (χ0) is 16.6. The van der Waals surface area contributed by atoms with Crippen molar-refractivity contribution in [3.63, 3.8) is 0 Å². The second kappa shape index (κ2) is 9.53. The van der Waals surface area contributed by atoms with Gasteiger partial charge in [-0.2, -0.15) is 0 Å². The molecule has 6 nitrogen and oxygen atoms in total. The molecule has 0 aromatic carbocycles. The van der Waals surface area contributed by atoms with Crippen LogP contribution in [0.4, 0.5) is 0 Å². The highest BCUT2D eigenvalue weighted by Crippen LogP contribution is 2.22. The summed E-state index contributed by atoms with van der Waals surface area (Å²) in [6, 6.07) is 0. The molecule has 0 saturated heterocycles. The molecule has 0 bridgehead atoms. The van der Waals surface area contributed by atoms with Crippen LogP contribution in [-0.2, 0) is 17.1 Å². The quantitative estimate of drug-likeness (QED) is 0.411. The maximum absolute atomic E-state index is 6.24. The van der Waals surface area contributed by atoms with Gasteiger partial charge in [0.2, 0.25) is 0 Å². The molecule has 0 heterocycles. The van der Waals surface area contributed by atoms with Crippen LogP contribution in [0, 0.1) is 0 Å². The van der Waals surface area contributed by atoms with E-state index in [4.69, 9.17) is 28.5 Å². The van der Waals surface area contributed by atoms with Crippen molar-refractivity contribution in [1.29, 1.82) is 0 Å². The Morgan fingerprint density at radius 2 is 0.952 bits per heavy atom. The lowest BCUT2D eigenvalue weighted by Gasteiger charge is -2.37. The second-order valence-electron chi connectivity index (χ2n) is 6.38. The summed E-state index contributed by atoms with van der Waals surface area (Å²) in [5.41, 5.74) is 11.0. The molecule has 0 radical (unpaired) electrons. The summed E-state index contributed by atoms with van der Waals surface area (Å²) in [6.45, 7) is 14.9. The summed E-state index contributed by atoms with van der Waals surface area (Å²) >= 11 is 0. The predicted molar refractivity (Wildman–Crippen MR) is 93.9 cm³/mol. The summed E-state index contributed by atoms with van der Waals surface area (Å²) < 4.78 is 24.2. The Balaban J connectivity index is 4.38. The van der Waals surface area contributed by atoms with Gasteiger partial charge in [0, 0.05) is 13.2 Å². The van der Waals surface area contributed by atoms with E-state index in [2.05, 4.69) is 13.1 Å². The van der Waals surface area contributed by atoms with Gasteiger partial charge in [-0.1, -0.05) is 0 Å². The van der Waals surface area contributed by atoms with E-state index >= 15 is 0 Å². The van der Waals surface area contributed by atoms with Crippen molar-refractivity contribution in [2.24, 2.45) is 11.5 Å². The highest BCUT2D eigenvalue weighted by Gasteiger charge is 2.41. The maximum Gasteiger partial charge on any atom is 0.322 e. The molecule has 4 N–H and O–H groups in total. The van der Waals surface area contributed by atoms with Crippen LogP contribution in [-0.4, -0.2) is 52.0 Å². The molecule has 0 unspecified atom stereocenters. The fourth-order valence-electron chi connectivity index (χ4n) is 2.07. The van der Waals surface area contributed by atoms with Crippen LogP contribution in [0.3, 0.4) is 0 Å². The average molecular weight is 355 g/mol. The van der Waals surface area contributed by atoms with E-state index in [-0.39, 0.29) is 0 Å². The molecule has 0 amide bonds. The molecular weight excluding hydrogens is 320 g/mol. The summed E-state index contributed by atoms with van der Waals surface area (Å²) in [6.07, 6.45) is 1.70. The minimum absolute atomic E-state index is 0.636. The molecular formula is C12H34N2O4Si3. The third-order valence-electron chi connectivity index (χ3n) is 2.58. The van der Waals surface area contributed by atoms with E-state index in [1.165, 1.54) is 0 Å². The third-order valence-corrected chi connectivity index (χ3v) is 12.2. The molecule has 0 aliphatic heterocycles. The maximum atomic E-state index is 6.24. The highest BCUT2D eigenvalue weighted by atomic mass is 28.5. The summed E-state index contributed by atoms with van der Waals surface area (Å²) in [4.78, 5) is 0. The summed E-state index contributed by atoms with van der Waals surface area (Å²) in [5.74, 6) is 0. The van der Waals surface area contributed by atoms with Crippen molar-refractivity contribution < 1.29 is 17.1 Å². The molecule has 9 heteroatoms. The standard InChI is InChI=1S/C12H34N2O4Si3/c1-19(2,15-11-7-9-13)17-21(5,6)18-20(3,4)16-12-8-10-14/h7-14H2,1-6H3. The molecule has 0 aromatic heterocycles. The van der Waals surface area contributed by atoms with Crippen molar-refractivity contribution in [2.45, 2.75) is 52.1 Å². The Bertz CT molecular complexity index is 266. The number of hydrogen-bond donors (Lipinski definition) is 2. The summed E-state index contributed by atoms with van der Waals surface area (Å²) in [7, 11) is -6.66. The predicted octanol–water partition coefficient (Wildman–Crippen LogP) is 1.86. The van der Waals surface area contributed by atoms with Gasteiger partial charge in [-0.3, -0.25) is 0 Å². The van der Waals surface area contributed by atoms with Crippen LogP contribution in [0.25, 0.3) is 0 Å². The lowest BCUT2D eigenvalue weighted by molar-refractivity contribution is 0.203. The largest absolute Gasteiger partial charge is 0.415 e. The molecule has 0 fully saturated rings. The molecule has 0 atom stereocenters. The van der Waals surface area contributed by atoms with Crippen molar-refractivity contribution in [3.05, 3.63) is 0 Å². The Morgan fingerprint density at radius 1 is 0.619 bits per heavy atom. The van der Waals surface area contributed by atoms with E-state index in [0.29, 0.717) is 26.3 Å². The van der Waals surface area contributed by atoms with Gasteiger partial charge >= 0.3 is 25.7 Å². The minimum atomic E-state index is -2.28. The fourth-order valence-corrected chi connectivity index (χ4v) is 13.8. The number of hydrogen-bond acceptors (Lipinski definition) is 6. The van der Waals surface area contributed by atoms with Crippen LogP contribution in [0.2, 0.25) is 39.3 Å². The normalized spacial score (nSPS) is 13.7. The van der Waals surface area contributed by atoms with E-state index < -0.39 is 25.7 Å². The molecule has 0 aliphatic rings. The Labute approximate surface area is 133 Å². The first kappa shape index (κ1) is 21.4. The SMILES string of the molecule is C[Si](C)(OCCCN)O[Si](C)(C)O[Si](C)(C)OCCCN. The Kier molecular flexibility index (Phi) is 9.71. The molecule has 0 spiro atoms. The highest BCUT2D eigenvalue weighted by molar-refractivity contribution is 6.84. The van der Waals surface area contributed by atoms with Crippen molar-refractivity contribution in [2.75, 3.05) is 26.3 Å². The molecule has 0 aromatic rings. The number of nitrogens with two attached hydrogens (primary N) is 2. The second-order valence-corrected chi connectivity index (χ2v) is 17.0.